The molecule has 37 heavy (non-hydrogen) atoms. The molecule has 4 aromatic rings. The Bertz CT molecular complexity index is 1520. The monoisotopic (exact) mass is 511 g/mol. The summed E-state index contributed by atoms with van der Waals surface area (Å²) in [5.41, 5.74) is 5.18. The summed E-state index contributed by atoms with van der Waals surface area (Å²) < 4.78 is 8.06. The van der Waals surface area contributed by atoms with Gasteiger partial charge in [-0.05, 0) is 72.4 Å². The van der Waals surface area contributed by atoms with E-state index in [9.17, 15) is 4.79 Å². The van der Waals surface area contributed by atoms with Gasteiger partial charge in [0, 0.05) is 42.0 Å². The topological polar surface area (TPSA) is 92.3 Å². The van der Waals surface area contributed by atoms with Gasteiger partial charge in [-0.2, -0.15) is 5.26 Å². The van der Waals surface area contributed by atoms with Gasteiger partial charge < -0.3 is 14.5 Å². The molecule has 0 radical (unpaired) electrons. The lowest BCUT2D eigenvalue weighted by Crippen LogP contribution is -2.15. The Hall–Kier alpha value is -3.89. The maximum atomic E-state index is 12.8. The standard InChI is InChI=1S/C29H26ClN5O2/c30-22-5-1-3-19(12-22)25-14-26(25)29(36)34-27-13-24(8-10-32-27)37-17-23-16-35-15-21(18-6-7-18)11-20(4-2-9-31)28(35)33-23/h1,3,5,8,10-13,15-16,18,25-26H,2,4,6-7,14,17H2,(H,32,34,36)/t25-,26+/m1/s1. The summed E-state index contributed by atoms with van der Waals surface area (Å²) in [6.07, 6.45) is 10.2. The highest BCUT2D eigenvalue weighted by Crippen LogP contribution is 2.48. The van der Waals surface area contributed by atoms with Gasteiger partial charge in [0.15, 0.2) is 0 Å². The van der Waals surface area contributed by atoms with Crippen LogP contribution in [0.3, 0.4) is 0 Å². The van der Waals surface area contributed by atoms with Gasteiger partial charge in [0.25, 0.3) is 0 Å². The van der Waals surface area contributed by atoms with Crippen molar-refractivity contribution in [2.24, 2.45) is 5.92 Å². The molecule has 6 rings (SSSR count). The van der Waals surface area contributed by atoms with Gasteiger partial charge in [0.1, 0.15) is 23.8 Å². The molecular formula is C29H26ClN5O2. The third-order valence-corrected chi connectivity index (χ3v) is 7.26. The summed E-state index contributed by atoms with van der Waals surface area (Å²) >= 11 is 6.10. The minimum Gasteiger partial charge on any atom is -0.487 e. The van der Waals surface area contributed by atoms with Crippen LogP contribution in [0.25, 0.3) is 5.65 Å². The zero-order chi connectivity index (χ0) is 25.4. The minimum absolute atomic E-state index is 0.0497. The number of nitriles is 1. The highest BCUT2D eigenvalue weighted by Gasteiger charge is 2.44. The zero-order valence-electron chi connectivity index (χ0n) is 20.2. The van der Waals surface area contributed by atoms with Crippen molar-refractivity contribution in [1.29, 1.82) is 5.26 Å². The van der Waals surface area contributed by atoms with E-state index in [4.69, 9.17) is 26.6 Å². The molecule has 3 heterocycles. The molecule has 2 fully saturated rings. The second-order valence-electron chi connectivity index (χ2n) is 9.85. The van der Waals surface area contributed by atoms with Gasteiger partial charge in [-0.25, -0.2) is 9.97 Å². The molecule has 2 aliphatic rings. The highest BCUT2D eigenvalue weighted by atomic mass is 35.5. The van der Waals surface area contributed by atoms with Crippen molar-refractivity contribution in [3.8, 4) is 11.8 Å². The van der Waals surface area contributed by atoms with Crippen LogP contribution in [-0.2, 0) is 17.8 Å². The van der Waals surface area contributed by atoms with Gasteiger partial charge in [0.05, 0.1) is 11.8 Å². The van der Waals surface area contributed by atoms with Crippen LogP contribution < -0.4 is 10.1 Å². The van der Waals surface area contributed by atoms with E-state index in [-0.39, 0.29) is 24.3 Å². The lowest BCUT2D eigenvalue weighted by atomic mass is 10.1. The average Bonchev–Trinajstić information content (AvgIpc) is 3.82. The number of pyridine rings is 2. The zero-order valence-corrected chi connectivity index (χ0v) is 21.0. The number of halogens is 1. The van der Waals surface area contributed by atoms with E-state index < -0.39 is 0 Å². The first kappa shape index (κ1) is 23.5. The molecule has 7 nitrogen and oxygen atoms in total. The Morgan fingerprint density at radius 3 is 2.89 bits per heavy atom. The van der Waals surface area contributed by atoms with Crippen LogP contribution in [-0.4, -0.2) is 20.3 Å². The average molecular weight is 512 g/mol. The molecular weight excluding hydrogens is 486 g/mol. The normalized spacial score (nSPS) is 18.4. The number of nitrogens with zero attached hydrogens (tertiary/aromatic N) is 4. The molecule has 0 aliphatic heterocycles. The Kier molecular flexibility index (Phi) is 6.27. The second-order valence-corrected chi connectivity index (χ2v) is 10.3. The van der Waals surface area contributed by atoms with E-state index in [1.165, 1.54) is 18.4 Å². The summed E-state index contributed by atoms with van der Waals surface area (Å²) in [6.45, 7) is 0.287. The Morgan fingerprint density at radius 2 is 2.08 bits per heavy atom. The third kappa shape index (κ3) is 5.30. The van der Waals surface area contributed by atoms with Gasteiger partial charge in [-0.3, -0.25) is 4.79 Å². The van der Waals surface area contributed by atoms with Gasteiger partial charge in [-0.15, -0.1) is 0 Å². The number of nitrogens with one attached hydrogen (secondary N) is 1. The van der Waals surface area contributed by atoms with Gasteiger partial charge in [0.2, 0.25) is 5.91 Å². The molecule has 0 bridgehead atoms. The van der Waals surface area contributed by atoms with Crippen LogP contribution in [0.5, 0.6) is 5.75 Å². The number of imidazole rings is 1. The molecule has 0 unspecified atom stereocenters. The number of ether oxygens (including phenoxy) is 1. The maximum Gasteiger partial charge on any atom is 0.229 e. The smallest absolute Gasteiger partial charge is 0.229 e. The molecule has 1 aromatic carbocycles. The van der Waals surface area contributed by atoms with Crippen LogP contribution in [0.2, 0.25) is 5.02 Å². The number of fused-ring (bicyclic) bond motifs is 1. The van der Waals surface area contributed by atoms with Crippen molar-refractivity contribution in [2.45, 2.75) is 50.5 Å². The molecule has 1 amide bonds. The minimum atomic E-state index is -0.0847. The molecule has 0 saturated heterocycles. The summed E-state index contributed by atoms with van der Waals surface area (Å²) in [6, 6.07) is 15.6. The molecule has 2 aliphatic carbocycles. The molecule has 1 N–H and O–H groups in total. The van der Waals surface area contributed by atoms with Crippen molar-refractivity contribution >= 4 is 29.0 Å². The Morgan fingerprint density at radius 1 is 1.19 bits per heavy atom. The third-order valence-electron chi connectivity index (χ3n) is 7.03. The van der Waals surface area contributed by atoms with Crippen molar-refractivity contribution in [3.63, 3.8) is 0 Å². The number of hydrogen-bond acceptors (Lipinski definition) is 5. The van der Waals surface area contributed by atoms with E-state index >= 15 is 0 Å². The van der Waals surface area contributed by atoms with Crippen LogP contribution in [0.15, 0.2) is 61.1 Å². The Labute approximate surface area is 220 Å². The number of carbonyl (C=O) groups is 1. The Balaban J connectivity index is 1.11. The molecule has 8 heteroatoms. The fourth-order valence-corrected chi connectivity index (χ4v) is 5.06. The molecule has 0 spiro atoms. The second kappa shape index (κ2) is 9.87. The van der Waals surface area contributed by atoms with Crippen LogP contribution >= 0.6 is 11.6 Å². The largest absolute Gasteiger partial charge is 0.487 e. The van der Waals surface area contributed by atoms with Crippen LogP contribution in [0.1, 0.15) is 59.9 Å². The number of hydrogen-bond donors (Lipinski definition) is 1. The van der Waals surface area contributed by atoms with E-state index in [1.54, 1.807) is 18.3 Å². The highest BCUT2D eigenvalue weighted by molar-refractivity contribution is 6.30. The first-order chi connectivity index (χ1) is 18.1. The summed E-state index contributed by atoms with van der Waals surface area (Å²) in [4.78, 5) is 21.8. The number of rotatable bonds is 9. The van der Waals surface area contributed by atoms with Crippen molar-refractivity contribution < 1.29 is 9.53 Å². The molecule has 186 valence electrons. The number of carbonyl (C=O) groups excluding carboxylic acids is 1. The maximum absolute atomic E-state index is 12.8. The SMILES string of the molecule is N#CCCc1cc(C2CC2)cn2cc(COc3ccnc(NC(=O)[C@H]4C[C@@H]4c4cccc(Cl)c4)c3)nc12. The molecule has 3 aromatic heterocycles. The number of aromatic nitrogens is 3. The van der Waals surface area contributed by atoms with Gasteiger partial charge in [-0.1, -0.05) is 29.8 Å². The number of anilines is 1. The van der Waals surface area contributed by atoms with Crippen molar-refractivity contribution in [2.75, 3.05) is 5.32 Å². The fourth-order valence-electron chi connectivity index (χ4n) is 4.86. The van der Waals surface area contributed by atoms with E-state index in [1.807, 2.05) is 30.5 Å². The predicted octanol–water partition coefficient (Wildman–Crippen LogP) is 6.04. The lowest BCUT2D eigenvalue weighted by molar-refractivity contribution is -0.117. The predicted molar refractivity (Wildman–Crippen MR) is 141 cm³/mol. The molecule has 2 atom stereocenters. The summed E-state index contributed by atoms with van der Waals surface area (Å²) in [5, 5.41) is 12.7. The first-order valence-electron chi connectivity index (χ1n) is 12.6. The summed E-state index contributed by atoms with van der Waals surface area (Å²) in [5.74, 6) is 1.74. The van der Waals surface area contributed by atoms with Crippen LogP contribution in [0, 0.1) is 17.2 Å². The molecule has 2 saturated carbocycles. The quantitative estimate of drug-likeness (QED) is 0.296. The van der Waals surface area contributed by atoms with Crippen molar-refractivity contribution in [3.05, 3.63) is 88.5 Å². The number of benzene rings is 1. The van der Waals surface area contributed by atoms with Crippen LogP contribution in [0.4, 0.5) is 5.82 Å². The first-order valence-corrected chi connectivity index (χ1v) is 13.0. The van der Waals surface area contributed by atoms with Gasteiger partial charge >= 0.3 is 0 Å². The van der Waals surface area contributed by atoms with E-state index in [0.717, 1.165) is 28.9 Å². The fraction of sp³-hybridized carbons (Fsp3) is 0.310. The van der Waals surface area contributed by atoms with E-state index in [0.29, 0.717) is 35.3 Å². The van der Waals surface area contributed by atoms with E-state index in [2.05, 4.69) is 33.0 Å². The van der Waals surface area contributed by atoms with Crippen molar-refractivity contribution in [1.82, 2.24) is 14.4 Å². The summed E-state index contributed by atoms with van der Waals surface area (Å²) in [7, 11) is 0. The number of amides is 1. The number of aryl methyl sites for hydroxylation is 1. The lowest BCUT2D eigenvalue weighted by Gasteiger charge is -2.08.